The van der Waals surface area contributed by atoms with Gasteiger partial charge in [0.05, 0.1) is 6.54 Å². The van der Waals surface area contributed by atoms with Crippen molar-refractivity contribution in [1.29, 1.82) is 0 Å². The van der Waals surface area contributed by atoms with E-state index in [9.17, 15) is 12.8 Å². The third kappa shape index (κ3) is 3.62. The zero-order chi connectivity index (χ0) is 15.5. The molecule has 0 radical (unpaired) electrons. The molecule has 114 valence electrons. The summed E-state index contributed by atoms with van der Waals surface area (Å²) in [4.78, 5) is -0.303. The molecule has 0 aromatic heterocycles. The second-order valence-corrected chi connectivity index (χ2v) is 7.25. The van der Waals surface area contributed by atoms with Crippen molar-refractivity contribution in [2.75, 3.05) is 20.1 Å². The summed E-state index contributed by atoms with van der Waals surface area (Å²) in [5.74, 6) is 4.90. The van der Waals surface area contributed by atoms with E-state index in [2.05, 4.69) is 11.8 Å². The summed E-state index contributed by atoms with van der Waals surface area (Å²) in [5, 5.41) is 0. The molecule has 21 heavy (non-hydrogen) atoms. The molecule has 2 rings (SSSR count). The SMILES string of the molecule is CN(CC1CCC1)S(=O)(=O)c1ccc(C#CCN)cc1F. The molecule has 0 heterocycles. The fourth-order valence-corrected chi connectivity index (χ4v) is 3.53. The lowest BCUT2D eigenvalue weighted by Gasteiger charge is -2.29. The summed E-state index contributed by atoms with van der Waals surface area (Å²) < 4.78 is 40.1. The molecule has 0 atom stereocenters. The number of nitrogens with two attached hydrogens (primary N) is 1. The highest BCUT2D eigenvalue weighted by atomic mass is 32.2. The Labute approximate surface area is 125 Å². The lowest BCUT2D eigenvalue weighted by molar-refractivity contribution is 0.262. The minimum absolute atomic E-state index is 0.172. The first kappa shape index (κ1) is 16.0. The van der Waals surface area contributed by atoms with Crippen LogP contribution in [0.1, 0.15) is 24.8 Å². The quantitative estimate of drug-likeness (QED) is 0.858. The van der Waals surface area contributed by atoms with Gasteiger partial charge in [0.1, 0.15) is 10.7 Å². The van der Waals surface area contributed by atoms with E-state index in [1.165, 1.54) is 23.5 Å². The molecule has 6 heteroatoms. The summed E-state index contributed by atoms with van der Waals surface area (Å²) in [6, 6.07) is 3.89. The van der Waals surface area contributed by atoms with Gasteiger partial charge in [-0.25, -0.2) is 17.1 Å². The highest BCUT2D eigenvalue weighted by Crippen LogP contribution is 2.29. The molecule has 0 aliphatic heterocycles. The van der Waals surface area contributed by atoms with Crippen LogP contribution in [0.15, 0.2) is 23.1 Å². The van der Waals surface area contributed by atoms with Gasteiger partial charge in [0.15, 0.2) is 0 Å². The van der Waals surface area contributed by atoms with Gasteiger partial charge in [-0.15, -0.1) is 0 Å². The van der Waals surface area contributed by atoms with E-state index in [1.54, 1.807) is 0 Å². The van der Waals surface area contributed by atoms with Crippen LogP contribution in [0.2, 0.25) is 0 Å². The molecule has 1 aliphatic rings. The standard InChI is InChI=1S/C15H19FN2O2S/c1-18(11-13-4-2-5-13)21(19,20)15-8-7-12(6-3-9-17)10-14(15)16/h7-8,10,13H,2,4-5,9,11,17H2,1H3. The molecule has 1 aromatic carbocycles. The van der Waals surface area contributed by atoms with Gasteiger partial charge >= 0.3 is 0 Å². The Morgan fingerprint density at radius 3 is 2.67 bits per heavy atom. The summed E-state index contributed by atoms with van der Waals surface area (Å²) in [6.45, 7) is 0.613. The zero-order valence-corrected chi connectivity index (χ0v) is 12.8. The summed E-state index contributed by atoms with van der Waals surface area (Å²) in [7, 11) is -2.30. The average Bonchev–Trinajstić information content (AvgIpc) is 2.39. The highest BCUT2D eigenvalue weighted by molar-refractivity contribution is 7.89. The topological polar surface area (TPSA) is 63.4 Å². The maximum atomic E-state index is 14.1. The van der Waals surface area contributed by atoms with Crippen molar-refractivity contribution in [3.63, 3.8) is 0 Å². The molecule has 1 aromatic rings. The van der Waals surface area contributed by atoms with Crippen molar-refractivity contribution >= 4 is 10.0 Å². The van der Waals surface area contributed by atoms with Crippen LogP contribution in [0, 0.1) is 23.6 Å². The van der Waals surface area contributed by atoms with Gasteiger partial charge in [0, 0.05) is 19.2 Å². The predicted octanol–water partition coefficient (Wildman–Crippen LogP) is 1.56. The number of hydrogen-bond acceptors (Lipinski definition) is 3. The smallest absolute Gasteiger partial charge is 0.245 e. The first-order valence-electron chi connectivity index (χ1n) is 6.90. The Bertz CT molecular complexity index is 673. The molecule has 0 saturated heterocycles. The van der Waals surface area contributed by atoms with Crippen LogP contribution >= 0.6 is 0 Å². The molecular weight excluding hydrogens is 291 g/mol. The van der Waals surface area contributed by atoms with Gasteiger partial charge in [0.25, 0.3) is 0 Å². The van der Waals surface area contributed by atoms with Crippen LogP contribution in [0.5, 0.6) is 0 Å². The molecular formula is C15H19FN2O2S. The van der Waals surface area contributed by atoms with Crippen molar-refractivity contribution in [2.45, 2.75) is 24.2 Å². The molecule has 4 nitrogen and oxygen atoms in total. The molecule has 0 amide bonds. The maximum absolute atomic E-state index is 14.1. The maximum Gasteiger partial charge on any atom is 0.245 e. The fourth-order valence-electron chi connectivity index (χ4n) is 2.25. The van der Waals surface area contributed by atoms with Gasteiger partial charge in [-0.3, -0.25) is 0 Å². The molecule has 0 unspecified atom stereocenters. The van der Waals surface area contributed by atoms with Crippen molar-refractivity contribution in [3.05, 3.63) is 29.6 Å². The van der Waals surface area contributed by atoms with E-state index in [0.29, 0.717) is 18.0 Å². The van der Waals surface area contributed by atoms with Crippen LogP contribution in [-0.2, 0) is 10.0 Å². The average molecular weight is 310 g/mol. The Kier molecular flexibility index (Phi) is 4.99. The molecule has 2 N–H and O–H groups in total. The van der Waals surface area contributed by atoms with E-state index in [0.717, 1.165) is 25.3 Å². The first-order valence-corrected chi connectivity index (χ1v) is 8.34. The Hall–Kier alpha value is -1.42. The van der Waals surface area contributed by atoms with Crippen LogP contribution < -0.4 is 5.73 Å². The third-order valence-corrected chi connectivity index (χ3v) is 5.55. The van der Waals surface area contributed by atoms with E-state index in [-0.39, 0.29) is 11.4 Å². The van der Waals surface area contributed by atoms with Crippen molar-refractivity contribution in [3.8, 4) is 11.8 Å². The van der Waals surface area contributed by atoms with Gasteiger partial charge < -0.3 is 5.73 Å². The second kappa shape index (κ2) is 6.56. The minimum atomic E-state index is -3.79. The summed E-state index contributed by atoms with van der Waals surface area (Å²) >= 11 is 0. The van der Waals surface area contributed by atoms with Crippen LogP contribution in [-0.4, -0.2) is 32.9 Å². The Morgan fingerprint density at radius 1 is 1.43 bits per heavy atom. The second-order valence-electron chi connectivity index (χ2n) is 5.23. The molecule has 1 saturated carbocycles. The summed E-state index contributed by atoms with van der Waals surface area (Å²) in [5.41, 5.74) is 5.66. The van der Waals surface area contributed by atoms with Crippen LogP contribution in [0.3, 0.4) is 0 Å². The molecule has 1 aliphatic carbocycles. The van der Waals surface area contributed by atoms with Gasteiger partial charge in [0.2, 0.25) is 10.0 Å². The van der Waals surface area contributed by atoms with E-state index in [1.807, 2.05) is 0 Å². The minimum Gasteiger partial charge on any atom is -0.320 e. The van der Waals surface area contributed by atoms with Gasteiger partial charge in [-0.1, -0.05) is 18.3 Å². The van der Waals surface area contributed by atoms with Gasteiger partial charge in [-0.05, 0) is 37.0 Å². The largest absolute Gasteiger partial charge is 0.320 e. The van der Waals surface area contributed by atoms with Crippen LogP contribution in [0.25, 0.3) is 0 Å². The van der Waals surface area contributed by atoms with E-state index in [4.69, 9.17) is 5.73 Å². The predicted molar refractivity (Wildman–Crippen MR) is 79.5 cm³/mol. The number of halogens is 1. The van der Waals surface area contributed by atoms with Crippen molar-refractivity contribution in [1.82, 2.24) is 4.31 Å². The third-order valence-electron chi connectivity index (χ3n) is 3.69. The number of benzene rings is 1. The Balaban J connectivity index is 2.22. The monoisotopic (exact) mass is 310 g/mol. The van der Waals surface area contributed by atoms with E-state index >= 15 is 0 Å². The Morgan fingerprint density at radius 2 is 2.14 bits per heavy atom. The zero-order valence-electron chi connectivity index (χ0n) is 12.0. The van der Waals surface area contributed by atoms with Crippen molar-refractivity contribution < 1.29 is 12.8 Å². The molecule has 1 fully saturated rings. The lowest BCUT2D eigenvalue weighted by atomic mass is 9.86. The first-order chi connectivity index (χ1) is 9.95. The number of hydrogen-bond donors (Lipinski definition) is 1. The normalized spacial score (nSPS) is 15.4. The fraction of sp³-hybridized carbons (Fsp3) is 0.467. The summed E-state index contributed by atoms with van der Waals surface area (Å²) in [6.07, 6.45) is 3.22. The number of nitrogens with zero attached hydrogens (tertiary/aromatic N) is 1. The molecule has 0 spiro atoms. The van der Waals surface area contributed by atoms with Crippen LogP contribution in [0.4, 0.5) is 4.39 Å². The van der Waals surface area contributed by atoms with Gasteiger partial charge in [-0.2, -0.15) is 0 Å². The molecule has 0 bridgehead atoms. The lowest BCUT2D eigenvalue weighted by Crippen LogP contribution is -2.34. The number of sulfonamides is 1. The van der Waals surface area contributed by atoms with E-state index < -0.39 is 15.8 Å². The highest BCUT2D eigenvalue weighted by Gasteiger charge is 2.28. The van der Waals surface area contributed by atoms with Crippen molar-refractivity contribution in [2.24, 2.45) is 11.7 Å². The number of rotatable bonds is 4.